The lowest BCUT2D eigenvalue weighted by atomic mass is 10.2. The largest absolute Gasteiger partial charge is 0.466 e. The smallest absolute Gasteiger partial charge is 0.325 e. The van der Waals surface area contributed by atoms with Crippen LogP contribution in [0.5, 0.6) is 0 Å². The minimum Gasteiger partial charge on any atom is -0.466 e. The fourth-order valence-corrected chi connectivity index (χ4v) is 3.48. The van der Waals surface area contributed by atoms with Gasteiger partial charge in [-0.05, 0) is 26.8 Å². The summed E-state index contributed by atoms with van der Waals surface area (Å²) in [4.78, 5) is 35.0. The lowest BCUT2D eigenvalue weighted by Crippen LogP contribution is -2.31. The zero-order chi connectivity index (χ0) is 19.1. The highest BCUT2D eigenvalue weighted by Crippen LogP contribution is 2.26. The van der Waals surface area contributed by atoms with Crippen LogP contribution in [-0.2, 0) is 14.3 Å². The van der Waals surface area contributed by atoms with E-state index in [2.05, 4.69) is 20.8 Å². The maximum Gasteiger partial charge on any atom is 0.325 e. The Labute approximate surface area is 157 Å². The van der Waals surface area contributed by atoms with E-state index in [1.165, 1.54) is 0 Å². The number of furan rings is 1. The number of rotatable bonds is 8. The lowest BCUT2D eigenvalue weighted by molar-refractivity contribution is -0.143. The molecular weight excluding hydrogens is 380 g/mol. The summed E-state index contributed by atoms with van der Waals surface area (Å²) in [5.74, 6) is 0.0960. The normalized spacial score (nSPS) is 10.4. The second kappa shape index (κ2) is 9.34. The molecule has 2 aromatic rings. The fraction of sp³-hybridized carbons (Fsp3) is 0.400. The zero-order valence-corrected chi connectivity index (χ0v) is 16.1. The number of esters is 1. The second-order valence-electron chi connectivity index (χ2n) is 5.02. The number of nitrogens with one attached hydrogen (secondary N) is 2. The Hall–Kier alpha value is -2.40. The van der Waals surface area contributed by atoms with Gasteiger partial charge >= 0.3 is 5.97 Å². The summed E-state index contributed by atoms with van der Waals surface area (Å²) >= 11 is 2.31. The van der Waals surface area contributed by atoms with E-state index in [1.54, 1.807) is 26.8 Å². The minimum atomic E-state index is -0.489. The molecule has 0 bridgehead atoms. The molecule has 0 unspecified atom stereocenters. The van der Waals surface area contributed by atoms with Gasteiger partial charge < -0.3 is 14.5 Å². The van der Waals surface area contributed by atoms with Crippen molar-refractivity contribution in [1.82, 2.24) is 15.5 Å². The van der Waals surface area contributed by atoms with Gasteiger partial charge in [0.2, 0.25) is 11.0 Å². The van der Waals surface area contributed by atoms with E-state index in [9.17, 15) is 14.4 Å². The standard InChI is InChI=1S/C15H18N4O5S2/c1-4-23-12(21)6-16-11(20)7-25-15-19-18-14(26-15)17-13(22)10-5-8(2)24-9(10)3/h5H,4,6-7H2,1-3H3,(H,16,20)(H,17,18,22). The summed E-state index contributed by atoms with van der Waals surface area (Å²) in [6.07, 6.45) is 0. The Kier molecular flexibility index (Phi) is 7.16. The average Bonchev–Trinajstić information content (AvgIpc) is 3.17. The van der Waals surface area contributed by atoms with Gasteiger partial charge in [-0.2, -0.15) is 0 Å². The SMILES string of the molecule is CCOC(=O)CNC(=O)CSc1nnc(NC(=O)c2cc(C)oc2C)s1. The average molecular weight is 398 g/mol. The number of thioether (sulfide) groups is 1. The minimum absolute atomic E-state index is 0.0714. The third-order valence-electron chi connectivity index (χ3n) is 2.97. The molecule has 2 N–H and O–H groups in total. The third-order valence-corrected chi connectivity index (χ3v) is 4.95. The van der Waals surface area contributed by atoms with Crippen LogP contribution in [0.15, 0.2) is 14.8 Å². The number of nitrogens with zero attached hydrogens (tertiary/aromatic N) is 2. The van der Waals surface area contributed by atoms with Crippen LogP contribution in [0.3, 0.4) is 0 Å². The summed E-state index contributed by atoms with van der Waals surface area (Å²) in [5.41, 5.74) is 0.435. The van der Waals surface area contributed by atoms with Crippen LogP contribution >= 0.6 is 23.1 Å². The fourth-order valence-electron chi connectivity index (χ4n) is 1.90. The molecule has 2 rings (SSSR count). The monoisotopic (exact) mass is 398 g/mol. The Balaban J connectivity index is 1.80. The number of hydrogen-bond donors (Lipinski definition) is 2. The predicted octanol–water partition coefficient (Wildman–Crippen LogP) is 1.77. The molecule has 0 aromatic carbocycles. The number of carbonyl (C=O) groups excluding carboxylic acids is 3. The number of ether oxygens (including phenoxy) is 1. The summed E-state index contributed by atoms with van der Waals surface area (Å²) in [6, 6.07) is 1.65. The Bertz CT molecular complexity index is 802. The van der Waals surface area contributed by atoms with Gasteiger partial charge in [0.25, 0.3) is 5.91 Å². The molecule has 0 saturated heterocycles. The van der Waals surface area contributed by atoms with Crippen LogP contribution in [0, 0.1) is 13.8 Å². The third kappa shape index (κ3) is 5.85. The molecule has 26 heavy (non-hydrogen) atoms. The second-order valence-corrected chi connectivity index (χ2v) is 7.22. The highest BCUT2D eigenvalue weighted by atomic mass is 32.2. The van der Waals surface area contributed by atoms with Crippen molar-refractivity contribution in [2.45, 2.75) is 25.1 Å². The Morgan fingerprint density at radius 1 is 1.31 bits per heavy atom. The Morgan fingerprint density at radius 3 is 2.73 bits per heavy atom. The van der Waals surface area contributed by atoms with Crippen molar-refractivity contribution in [2.75, 3.05) is 24.2 Å². The van der Waals surface area contributed by atoms with Crippen LogP contribution in [0.4, 0.5) is 5.13 Å². The summed E-state index contributed by atoms with van der Waals surface area (Å²) in [5, 5.41) is 13.2. The maximum atomic E-state index is 12.2. The first-order valence-corrected chi connectivity index (χ1v) is 9.46. The predicted molar refractivity (Wildman–Crippen MR) is 96.4 cm³/mol. The first kappa shape index (κ1) is 19.9. The lowest BCUT2D eigenvalue weighted by Gasteiger charge is -2.03. The molecule has 0 aliphatic heterocycles. The molecule has 0 saturated carbocycles. The molecular formula is C15H18N4O5S2. The van der Waals surface area contributed by atoms with Crippen molar-refractivity contribution in [1.29, 1.82) is 0 Å². The van der Waals surface area contributed by atoms with Crippen molar-refractivity contribution in [2.24, 2.45) is 0 Å². The first-order chi connectivity index (χ1) is 12.4. The van der Waals surface area contributed by atoms with Gasteiger partial charge in [-0.25, -0.2) is 0 Å². The van der Waals surface area contributed by atoms with Crippen molar-refractivity contribution >= 4 is 46.0 Å². The van der Waals surface area contributed by atoms with Crippen LogP contribution in [0.1, 0.15) is 28.8 Å². The number of amides is 2. The van der Waals surface area contributed by atoms with Crippen LogP contribution in [-0.4, -0.2) is 46.9 Å². The molecule has 2 heterocycles. The van der Waals surface area contributed by atoms with E-state index < -0.39 is 5.97 Å². The highest BCUT2D eigenvalue weighted by molar-refractivity contribution is 8.01. The molecule has 0 radical (unpaired) electrons. The van der Waals surface area contributed by atoms with Gasteiger partial charge in [0.05, 0.1) is 17.9 Å². The van der Waals surface area contributed by atoms with E-state index in [0.717, 1.165) is 23.1 Å². The van der Waals surface area contributed by atoms with Crippen molar-refractivity contribution in [3.8, 4) is 0 Å². The van der Waals surface area contributed by atoms with Gasteiger partial charge in [-0.3, -0.25) is 19.7 Å². The van der Waals surface area contributed by atoms with E-state index >= 15 is 0 Å². The van der Waals surface area contributed by atoms with Gasteiger partial charge in [0.15, 0.2) is 4.34 Å². The molecule has 11 heteroatoms. The van der Waals surface area contributed by atoms with Crippen molar-refractivity contribution < 1.29 is 23.5 Å². The Morgan fingerprint density at radius 2 is 2.08 bits per heavy atom. The van der Waals surface area contributed by atoms with Crippen LogP contribution in [0.2, 0.25) is 0 Å². The van der Waals surface area contributed by atoms with Gasteiger partial charge in [-0.15, -0.1) is 10.2 Å². The van der Waals surface area contributed by atoms with E-state index in [-0.39, 0.29) is 30.7 Å². The molecule has 140 valence electrons. The molecule has 0 aliphatic carbocycles. The summed E-state index contributed by atoms with van der Waals surface area (Å²) < 4.78 is 10.6. The number of anilines is 1. The molecule has 2 aromatic heterocycles. The van der Waals surface area contributed by atoms with Crippen molar-refractivity contribution in [3.05, 3.63) is 23.2 Å². The first-order valence-electron chi connectivity index (χ1n) is 7.66. The van der Waals surface area contributed by atoms with Gasteiger partial charge in [0.1, 0.15) is 18.1 Å². The molecule has 0 spiro atoms. The number of hydrogen-bond acceptors (Lipinski definition) is 9. The number of carbonyl (C=O) groups is 3. The van der Waals surface area contributed by atoms with Crippen molar-refractivity contribution in [3.63, 3.8) is 0 Å². The number of aryl methyl sites for hydroxylation is 2. The number of aromatic nitrogens is 2. The molecule has 0 aliphatic rings. The summed E-state index contributed by atoms with van der Waals surface area (Å²) in [6.45, 7) is 5.25. The van der Waals surface area contributed by atoms with Crippen LogP contribution < -0.4 is 10.6 Å². The molecule has 0 fully saturated rings. The van der Waals surface area contributed by atoms with E-state index in [0.29, 0.717) is 26.6 Å². The molecule has 2 amide bonds. The molecule has 9 nitrogen and oxygen atoms in total. The summed E-state index contributed by atoms with van der Waals surface area (Å²) in [7, 11) is 0. The van der Waals surface area contributed by atoms with Gasteiger partial charge in [0, 0.05) is 0 Å². The zero-order valence-electron chi connectivity index (χ0n) is 14.5. The van der Waals surface area contributed by atoms with Crippen LogP contribution in [0.25, 0.3) is 0 Å². The topological polar surface area (TPSA) is 123 Å². The van der Waals surface area contributed by atoms with E-state index in [1.807, 2.05) is 0 Å². The van der Waals surface area contributed by atoms with E-state index in [4.69, 9.17) is 9.15 Å². The molecule has 0 atom stereocenters. The van der Waals surface area contributed by atoms with Gasteiger partial charge in [-0.1, -0.05) is 23.1 Å². The maximum absolute atomic E-state index is 12.2. The quantitative estimate of drug-likeness (QED) is 0.392. The highest BCUT2D eigenvalue weighted by Gasteiger charge is 2.16.